The predicted molar refractivity (Wildman–Crippen MR) is 98.4 cm³/mol. The summed E-state index contributed by atoms with van der Waals surface area (Å²) in [4.78, 5) is 9.09. The minimum atomic E-state index is -3.89. The first-order chi connectivity index (χ1) is 12.5. The van der Waals surface area contributed by atoms with E-state index in [9.17, 15) is 13.5 Å². The average molecular weight is 368 g/mol. The third-order valence-corrected chi connectivity index (χ3v) is 6.02. The Kier molecular flexibility index (Phi) is 3.86. The standard InChI is InChI=1S/C18H16N4O3S/c19-17-16(26(24,25)12-6-2-1-3-7-12)15-18(22(17)10-11-23)21-14-9-5-4-8-13(14)20-15/h1-9,23H,10-11,19H2. The number of para-hydroxylation sites is 2. The van der Waals surface area contributed by atoms with Gasteiger partial charge >= 0.3 is 0 Å². The van der Waals surface area contributed by atoms with Crippen molar-refractivity contribution in [1.29, 1.82) is 0 Å². The number of sulfone groups is 1. The normalized spacial score (nSPS) is 12.0. The van der Waals surface area contributed by atoms with Crippen molar-refractivity contribution in [2.45, 2.75) is 16.3 Å². The number of aliphatic hydroxyl groups excluding tert-OH is 1. The van der Waals surface area contributed by atoms with Gasteiger partial charge in [-0.25, -0.2) is 18.4 Å². The van der Waals surface area contributed by atoms with Gasteiger partial charge in [-0.3, -0.25) is 0 Å². The highest BCUT2D eigenvalue weighted by Gasteiger charge is 2.29. The maximum absolute atomic E-state index is 13.2. The highest BCUT2D eigenvalue weighted by molar-refractivity contribution is 7.92. The van der Waals surface area contributed by atoms with Gasteiger partial charge in [-0.2, -0.15) is 0 Å². The summed E-state index contributed by atoms with van der Waals surface area (Å²) in [6.07, 6.45) is 0. The van der Waals surface area contributed by atoms with Crippen molar-refractivity contribution in [2.75, 3.05) is 12.3 Å². The van der Waals surface area contributed by atoms with Gasteiger partial charge in [-0.15, -0.1) is 0 Å². The molecule has 2 aromatic carbocycles. The van der Waals surface area contributed by atoms with Crippen molar-refractivity contribution in [1.82, 2.24) is 14.5 Å². The SMILES string of the molecule is Nc1c(S(=O)(=O)c2ccccc2)c2nc3ccccc3nc2n1CCO. The maximum atomic E-state index is 13.2. The summed E-state index contributed by atoms with van der Waals surface area (Å²) in [5.41, 5.74) is 7.93. The van der Waals surface area contributed by atoms with Crippen molar-refractivity contribution < 1.29 is 13.5 Å². The molecule has 0 amide bonds. The molecule has 4 rings (SSSR count). The molecular formula is C18H16N4O3S. The Morgan fingerprint density at radius 3 is 2.23 bits per heavy atom. The van der Waals surface area contributed by atoms with Crippen LogP contribution in [-0.4, -0.2) is 34.7 Å². The minimum Gasteiger partial charge on any atom is -0.395 e. The van der Waals surface area contributed by atoms with Crippen LogP contribution in [-0.2, 0) is 16.4 Å². The van der Waals surface area contributed by atoms with Gasteiger partial charge in [0.25, 0.3) is 0 Å². The summed E-state index contributed by atoms with van der Waals surface area (Å²) in [6.45, 7) is -0.0764. The quantitative estimate of drug-likeness (QED) is 0.570. The number of aliphatic hydroxyl groups is 1. The molecule has 2 heterocycles. The van der Waals surface area contributed by atoms with Crippen LogP contribution in [0.2, 0.25) is 0 Å². The summed E-state index contributed by atoms with van der Waals surface area (Å²) in [6, 6.07) is 15.3. The van der Waals surface area contributed by atoms with E-state index in [0.717, 1.165) is 0 Å². The van der Waals surface area contributed by atoms with Gasteiger partial charge in [-0.1, -0.05) is 30.3 Å². The van der Waals surface area contributed by atoms with Crippen LogP contribution in [0.3, 0.4) is 0 Å². The first-order valence-corrected chi connectivity index (χ1v) is 9.48. The Morgan fingerprint density at radius 1 is 0.962 bits per heavy atom. The molecule has 0 fully saturated rings. The molecule has 0 saturated heterocycles. The molecule has 0 aliphatic carbocycles. The van der Waals surface area contributed by atoms with Crippen LogP contribution < -0.4 is 5.73 Å². The highest BCUT2D eigenvalue weighted by atomic mass is 32.2. The molecule has 0 aliphatic heterocycles. The summed E-state index contributed by atoms with van der Waals surface area (Å²) in [7, 11) is -3.89. The van der Waals surface area contributed by atoms with Crippen LogP contribution in [0.4, 0.5) is 5.82 Å². The maximum Gasteiger partial charge on any atom is 0.212 e. The molecule has 7 nitrogen and oxygen atoms in total. The third-order valence-electron chi connectivity index (χ3n) is 4.19. The largest absolute Gasteiger partial charge is 0.395 e. The fourth-order valence-corrected chi connectivity index (χ4v) is 4.53. The highest BCUT2D eigenvalue weighted by Crippen LogP contribution is 2.35. The van der Waals surface area contributed by atoms with Crippen LogP contribution in [0.5, 0.6) is 0 Å². The van der Waals surface area contributed by atoms with Crippen LogP contribution in [0, 0.1) is 0 Å². The second-order valence-electron chi connectivity index (χ2n) is 5.79. The van der Waals surface area contributed by atoms with Gasteiger partial charge in [0.05, 0.1) is 22.5 Å². The topological polar surface area (TPSA) is 111 Å². The Morgan fingerprint density at radius 2 is 1.58 bits per heavy atom. The Labute approximate surface area is 149 Å². The van der Waals surface area contributed by atoms with Crippen molar-refractivity contribution in [3.8, 4) is 0 Å². The fraction of sp³-hybridized carbons (Fsp3) is 0.111. The Hall–Kier alpha value is -2.97. The summed E-state index contributed by atoms with van der Waals surface area (Å²) in [5.74, 6) is 0.0215. The van der Waals surface area contributed by atoms with E-state index in [1.54, 1.807) is 30.3 Å². The molecule has 0 aliphatic rings. The molecule has 2 aromatic heterocycles. The zero-order valence-corrected chi connectivity index (χ0v) is 14.5. The molecule has 0 atom stereocenters. The Balaban J connectivity index is 2.12. The van der Waals surface area contributed by atoms with E-state index in [-0.39, 0.29) is 34.3 Å². The van der Waals surface area contributed by atoms with Gasteiger partial charge in [0, 0.05) is 6.54 Å². The molecular weight excluding hydrogens is 352 g/mol. The molecule has 26 heavy (non-hydrogen) atoms. The molecule has 8 heteroatoms. The zero-order valence-electron chi connectivity index (χ0n) is 13.7. The van der Waals surface area contributed by atoms with E-state index in [2.05, 4.69) is 9.97 Å². The monoisotopic (exact) mass is 368 g/mol. The van der Waals surface area contributed by atoms with E-state index in [4.69, 9.17) is 5.73 Å². The lowest BCUT2D eigenvalue weighted by Crippen LogP contribution is -2.09. The lowest BCUT2D eigenvalue weighted by Gasteiger charge is -2.06. The molecule has 0 spiro atoms. The first-order valence-electron chi connectivity index (χ1n) is 7.99. The van der Waals surface area contributed by atoms with Gasteiger partial charge in [0.2, 0.25) is 9.84 Å². The molecule has 0 bridgehead atoms. The molecule has 3 N–H and O–H groups in total. The lowest BCUT2D eigenvalue weighted by molar-refractivity contribution is 0.278. The van der Waals surface area contributed by atoms with Crippen LogP contribution >= 0.6 is 0 Å². The molecule has 4 aromatic rings. The summed E-state index contributed by atoms with van der Waals surface area (Å²) in [5, 5.41) is 9.37. The molecule has 0 radical (unpaired) electrons. The van der Waals surface area contributed by atoms with Crippen LogP contribution in [0.1, 0.15) is 0 Å². The zero-order chi connectivity index (χ0) is 18.3. The first kappa shape index (κ1) is 16.5. The van der Waals surface area contributed by atoms with Crippen molar-refractivity contribution in [2.24, 2.45) is 0 Å². The van der Waals surface area contributed by atoms with Crippen molar-refractivity contribution in [3.05, 3.63) is 54.6 Å². The molecule has 132 valence electrons. The molecule has 0 unspecified atom stereocenters. The summed E-state index contributed by atoms with van der Waals surface area (Å²) >= 11 is 0. The number of nitrogens with two attached hydrogens (primary N) is 1. The van der Waals surface area contributed by atoms with Crippen molar-refractivity contribution >= 4 is 37.9 Å². The van der Waals surface area contributed by atoms with E-state index >= 15 is 0 Å². The summed E-state index contributed by atoms with van der Waals surface area (Å²) < 4.78 is 27.9. The van der Waals surface area contributed by atoms with Gasteiger partial charge < -0.3 is 15.4 Å². The van der Waals surface area contributed by atoms with E-state index in [1.165, 1.54) is 16.7 Å². The van der Waals surface area contributed by atoms with E-state index in [1.807, 2.05) is 12.1 Å². The number of nitrogens with zero attached hydrogens (tertiary/aromatic N) is 3. The van der Waals surface area contributed by atoms with Gasteiger partial charge in [0.1, 0.15) is 16.2 Å². The second kappa shape index (κ2) is 6.08. The number of hydrogen-bond acceptors (Lipinski definition) is 6. The van der Waals surface area contributed by atoms with Crippen LogP contribution in [0.15, 0.2) is 64.4 Å². The van der Waals surface area contributed by atoms with Gasteiger partial charge in [-0.05, 0) is 24.3 Å². The smallest absolute Gasteiger partial charge is 0.212 e. The number of anilines is 1. The average Bonchev–Trinajstić information content (AvgIpc) is 2.92. The number of aromatic nitrogens is 3. The second-order valence-corrected chi connectivity index (χ2v) is 7.68. The van der Waals surface area contributed by atoms with E-state index in [0.29, 0.717) is 16.7 Å². The predicted octanol–water partition coefficient (Wildman–Crippen LogP) is 1.99. The number of rotatable bonds is 4. The van der Waals surface area contributed by atoms with Crippen molar-refractivity contribution in [3.63, 3.8) is 0 Å². The number of fused-ring (bicyclic) bond motifs is 2. The fourth-order valence-electron chi connectivity index (χ4n) is 3.00. The Bertz CT molecular complexity index is 1220. The third kappa shape index (κ3) is 2.42. The minimum absolute atomic E-state index is 0.0215. The lowest BCUT2D eigenvalue weighted by atomic mass is 10.3. The van der Waals surface area contributed by atoms with Gasteiger partial charge in [0.15, 0.2) is 5.65 Å². The molecule has 0 saturated carbocycles. The number of hydrogen-bond donors (Lipinski definition) is 2. The van der Waals surface area contributed by atoms with Crippen LogP contribution in [0.25, 0.3) is 22.2 Å². The van der Waals surface area contributed by atoms with E-state index < -0.39 is 9.84 Å². The number of nitrogen functional groups attached to an aromatic ring is 1. The number of benzene rings is 2.